The van der Waals surface area contributed by atoms with Gasteiger partial charge in [-0.1, -0.05) is 30.3 Å². The number of morpholine rings is 1. The van der Waals surface area contributed by atoms with E-state index in [9.17, 15) is 4.79 Å². The Morgan fingerprint density at radius 2 is 1.75 bits per heavy atom. The van der Waals surface area contributed by atoms with Crippen LogP contribution in [0.1, 0.15) is 5.56 Å². The SMILES string of the molecule is Cc1ccccc1NC(=O)Nc1cccc(-c2nc3sccn3c2-c2ccnc(Nc3ccc(N4CCOCC4)cc3)n2)c1. The number of thiazole rings is 1. The maximum atomic E-state index is 12.8. The molecule has 11 heteroatoms. The van der Waals surface area contributed by atoms with Gasteiger partial charge in [-0.3, -0.25) is 4.40 Å². The Morgan fingerprint density at radius 1 is 0.909 bits per heavy atom. The Hall–Kier alpha value is -5.26. The average Bonchev–Trinajstić information content (AvgIpc) is 3.65. The molecular weight excluding hydrogens is 572 g/mol. The predicted octanol–water partition coefficient (Wildman–Crippen LogP) is 7.05. The number of imidazole rings is 1. The highest BCUT2D eigenvalue weighted by Gasteiger charge is 2.19. The van der Waals surface area contributed by atoms with Crippen molar-refractivity contribution in [3.63, 3.8) is 0 Å². The quantitative estimate of drug-likeness (QED) is 0.180. The molecule has 10 nitrogen and oxygen atoms in total. The number of nitrogens with one attached hydrogen (secondary N) is 3. The van der Waals surface area contributed by atoms with Crippen LogP contribution in [0.4, 0.5) is 33.5 Å². The van der Waals surface area contributed by atoms with Crippen LogP contribution >= 0.6 is 11.3 Å². The topological polar surface area (TPSA) is 109 Å². The lowest BCUT2D eigenvalue weighted by Crippen LogP contribution is -2.36. The highest BCUT2D eigenvalue weighted by Crippen LogP contribution is 2.35. The molecule has 4 heterocycles. The molecular formula is C33H30N8O2S. The van der Waals surface area contributed by atoms with Gasteiger partial charge in [0.2, 0.25) is 5.95 Å². The number of ether oxygens (including phenoxy) is 1. The zero-order chi connectivity index (χ0) is 29.9. The summed E-state index contributed by atoms with van der Waals surface area (Å²) >= 11 is 1.55. The molecule has 0 radical (unpaired) electrons. The second-order valence-electron chi connectivity index (χ2n) is 10.4. The number of aryl methyl sites for hydroxylation is 1. The van der Waals surface area contributed by atoms with Gasteiger partial charge in [0, 0.05) is 59.2 Å². The molecule has 1 fully saturated rings. The Bertz CT molecular complexity index is 1930. The maximum Gasteiger partial charge on any atom is 0.323 e. The number of anilines is 5. The molecule has 220 valence electrons. The van der Waals surface area contributed by atoms with Crippen LogP contribution < -0.4 is 20.9 Å². The van der Waals surface area contributed by atoms with Crippen LogP contribution in [0.3, 0.4) is 0 Å². The minimum absolute atomic E-state index is 0.313. The van der Waals surface area contributed by atoms with E-state index in [4.69, 9.17) is 14.7 Å². The minimum atomic E-state index is -0.313. The summed E-state index contributed by atoms with van der Waals surface area (Å²) in [7, 11) is 0. The summed E-state index contributed by atoms with van der Waals surface area (Å²) in [6.45, 7) is 5.24. The van der Waals surface area contributed by atoms with Gasteiger partial charge in [0.1, 0.15) is 5.69 Å². The highest BCUT2D eigenvalue weighted by atomic mass is 32.1. The lowest BCUT2D eigenvalue weighted by molar-refractivity contribution is 0.122. The first-order chi connectivity index (χ1) is 21.6. The number of para-hydroxylation sites is 1. The van der Waals surface area contributed by atoms with Crippen LogP contribution in [0.25, 0.3) is 27.6 Å². The lowest BCUT2D eigenvalue weighted by atomic mass is 10.1. The van der Waals surface area contributed by atoms with E-state index in [2.05, 4.69) is 38.0 Å². The first kappa shape index (κ1) is 27.6. The summed E-state index contributed by atoms with van der Waals surface area (Å²) in [6, 6.07) is 25.2. The van der Waals surface area contributed by atoms with Crippen molar-refractivity contribution in [2.75, 3.05) is 47.2 Å². The molecule has 3 N–H and O–H groups in total. The van der Waals surface area contributed by atoms with Crippen LogP contribution in [0.5, 0.6) is 0 Å². The van der Waals surface area contributed by atoms with Crippen LogP contribution in [0.15, 0.2) is 96.6 Å². The number of nitrogens with zero attached hydrogens (tertiary/aromatic N) is 5. The molecule has 1 saturated heterocycles. The third kappa shape index (κ3) is 5.83. The molecule has 0 atom stereocenters. The predicted molar refractivity (Wildman–Crippen MR) is 176 cm³/mol. The molecule has 0 spiro atoms. The number of hydrogen-bond donors (Lipinski definition) is 3. The summed E-state index contributed by atoms with van der Waals surface area (Å²) < 4.78 is 7.51. The van der Waals surface area contributed by atoms with E-state index in [0.717, 1.165) is 70.8 Å². The zero-order valence-corrected chi connectivity index (χ0v) is 24.8. The number of rotatable bonds is 7. The van der Waals surface area contributed by atoms with Crippen molar-refractivity contribution in [3.05, 3.63) is 102 Å². The molecule has 0 aliphatic carbocycles. The van der Waals surface area contributed by atoms with Gasteiger partial charge in [0.25, 0.3) is 0 Å². The van der Waals surface area contributed by atoms with E-state index in [0.29, 0.717) is 11.6 Å². The van der Waals surface area contributed by atoms with Crippen molar-refractivity contribution in [3.8, 4) is 22.6 Å². The minimum Gasteiger partial charge on any atom is -0.378 e. The molecule has 6 aromatic rings. The van der Waals surface area contributed by atoms with E-state index in [1.165, 1.54) is 5.69 Å². The molecule has 3 aromatic heterocycles. The zero-order valence-electron chi connectivity index (χ0n) is 24.0. The lowest BCUT2D eigenvalue weighted by Gasteiger charge is -2.28. The number of benzene rings is 3. The van der Waals surface area contributed by atoms with Crippen molar-refractivity contribution in [1.82, 2.24) is 19.4 Å². The van der Waals surface area contributed by atoms with Gasteiger partial charge < -0.3 is 25.6 Å². The summed E-state index contributed by atoms with van der Waals surface area (Å²) in [4.78, 5) is 30.3. The molecule has 7 rings (SSSR count). The molecule has 44 heavy (non-hydrogen) atoms. The highest BCUT2D eigenvalue weighted by molar-refractivity contribution is 7.15. The van der Waals surface area contributed by atoms with E-state index in [1.54, 1.807) is 17.5 Å². The van der Waals surface area contributed by atoms with Crippen molar-refractivity contribution >= 4 is 51.0 Å². The normalized spacial score (nSPS) is 13.2. The largest absolute Gasteiger partial charge is 0.378 e. The summed E-state index contributed by atoms with van der Waals surface area (Å²) in [5.74, 6) is 0.487. The Balaban J connectivity index is 1.14. The van der Waals surface area contributed by atoms with Crippen molar-refractivity contribution in [2.24, 2.45) is 0 Å². The number of urea groups is 1. The number of amides is 2. The number of hydrogen-bond acceptors (Lipinski definition) is 8. The summed E-state index contributed by atoms with van der Waals surface area (Å²) in [6.07, 6.45) is 3.74. The van der Waals surface area contributed by atoms with Crippen LogP contribution in [-0.2, 0) is 4.74 Å². The molecule has 1 aliphatic rings. The van der Waals surface area contributed by atoms with E-state index in [1.807, 2.05) is 89.6 Å². The van der Waals surface area contributed by atoms with Gasteiger partial charge in [-0.05, 0) is 61.0 Å². The van der Waals surface area contributed by atoms with Crippen LogP contribution in [0, 0.1) is 6.92 Å². The van der Waals surface area contributed by atoms with E-state index < -0.39 is 0 Å². The maximum absolute atomic E-state index is 12.8. The first-order valence-electron chi connectivity index (χ1n) is 14.3. The molecule has 2 amide bonds. The fourth-order valence-corrected chi connectivity index (χ4v) is 5.94. The third-order valence-electron chi connectivity index (χ3n) is 7.45. The van der Waals surface area contributed by atoms with Crippen LogP contribution in [0.2, 0.25) is 0 Å². The number of fused-ring (bicyclic) bond motifs is 1. The standard InChI is InChI=1S/C33H30N8O2S/c1-22-5-2-3-8-27(22)38-32(42)36-25-7-4-6-23(21-25)29-30(41-17-20-44-33(41)39-29)28-13-14-34-31(37-28)35-24-9-11-26(12-10-24)40-15-18-43-19-16-40/h2-14,17,20-21H,15-16,18-19H2,1H3,(H,34,35,37)(H2,36,38,42). The third-order valence-corrected chi connectivity index (χ3v) is 8.20. The molecule has 0 saturated carbocycles. The second-order valence-corrected chi connectivity index (χ2v) is 11.2. The summed E-state index contributed by atoms with van der Waals surface area (Å²) in [5, 5.41) is 11.2. The molecule has 3 aromatic carbocycles. The van der Waals surface area contributed by atoms with Gasteiger partial charge in [0.05, 0.1) is 24.6 Å². The van der Waals surface area contributed by atoms with Gasteiger partial charge in [-0.15, -0.1) is 11.3 Å². The molecule has 0 unspecified atom stereocenters. The summed E-state index contributed by atoms with van der Waals surface area (Å²) in [5.41, 5.74) is 7.66. The fourth-order valence-electron chi connectivity index (χ4n) is 5.23. The number of carbonyl (C=O) groups is 1. The number of aromatic nitrogens is 4. The fraction of sp³-hybridized carbons (Fsp3) is 0.152. The van der Waals surface area contributed by atoms with Gasteiger partial charge >= 0.3 is 6.03 Å². The number of carbonyl (C=O) groups excluding carboxylic acids is 1. The second kappa shape index (κ2) is 12.2. The Kier molecular flexibility index (Phi) is 7.61. The van der Waals surface area contributed by atoms with E-state index >= 15 is 0 Å². The van der Waals surface area contributed by atoms with Gasteiger partial charge in [-0.25, -0.2) is 19.7 Å². The molecule has 1 aliphatic heterocycles. The van der Waals surface area contributed by atoms with Crippen molar-refractivity contribution in [2.45, 2.75) is 6.92 Å². The first-order valence-corrected chi connectivity index (χ1v) is 15.2. The van der Waals surface area contributed by atoms with Crippen molar-refractivity contribution < 1.29 is 9.53 Å². The van der Waals surface area contributed by atoms with Gasteiger partial charge in [-0.2, -0.15) is 0 Å². The van der Waals surface area contributed by atoms with E-state index in [-0.39, 0.29) is 6.03 Å². The van der Waals surface area contributed by atoms with Crippen LogP contribution in [-0.4, -0.2) is 51.7 Å². The Labute approximate surface area is 258 Å². The Morgan fingerprint density at radius 3 is 2.59 bits per heavy atom. The monoisotopic (exact) mass is 602 g/mol. The van der Waals surface area contributed by atoms with Crippen molar-refractivity contribution in [1.29, 1.82) is 0 Å². The molecule has 0 bridgehead atoms. The average molecular weight is 603 g/mol. The smallest absolute Gasteiger partial charge is 0.323 e. The van der Waals surface area contributed by atoms with Gasteiger partial charge in [0.15, 0.2) is 4.96 Å².